The Morgan fingerprint density at radius 1 is 0.500 bits per heavy atom. The SMILES string of the molecule is CC(=O)OCCC/C=C\C/C=C\CCCCCCCCC(CCCCCCCC/C=C\C/C=C\CCCOC(C)=O)OC(=O)CCCN(C)C. The van der Waals surface area contributed by atoms with Crippen molar-refractivity contribution in [2.24, 2.45) is 0 Å². The van der Waals surface area contributed by atoms with Gasteiger partial charge in [0.2, 0.25) is 0 Å². The molecule has 0 aliphatic heterocycles. The summed E-state index contributed by atoms with van der Waals surface area (Å²) in [6, 6.07) is 0. The molecule has 0 saturated heterocycles. The zero-order valence-corrected chi connectivity index (χ0v) is 32.7. The molecule has 0 aromatic rings. The highest BCUT2D eigenvalue weighted by Gasteiger charge is 2.14. The van der Waals surface area contributed by atoms with Crippen molar-refractivity contribution in [1.29, 1.82) is 0 Å². The average molecular weight is 702 g/mol. The molecule has 7 nitrogen and oxygen atoms in total. The van der Waals surface area contributed by atoms with Crippen LogP contribution in [0.15, 0.2) is 48.6 Å². The first-order chi connectivity index (χ1) is 24.3. The number of hydrogen-bond acceptors (Lipinski definition) is 7. The molecule has 0 saturated carbocycles. The molecule has 288 valence electrons. The first-order valence-electron chi connectivity index (χ1n) is 20.0. The van der Waals surface area contributed by atoms with Gasteiger partial charge in [-0.25, -0.2) is 0 Å². The van der Waals surface area contributed by atoms with Gasteiger partial charge in [-0.3, -0.25) is 14.4 Å². The number of allylic oxidation sites excluding steroid dienone is 8. The third-order valence-electron chi connectivity index (χ3n) is 8.43. The lowest BCUT2D eigenvalue weighted by Crippen LogP contribution is -2.20. The van der Waals surface area contributed by atoms with E-state index < -0.39 is 0 Å². The Balaban J connectivity index is 4.01. The standard InChI is InChI=1S/C43H75NO6/c1-40(45)48-38-31-27-23-19-15-11-7-5-9-13-17-21-25-29-34-42(50-43(47)36-33-37-44(3)4)35-30-26-22-18-14-10-6-8-12-16-20-24-28-32-39-49-41(2)46/h7-8,11-12,19-20,23-24,42H,5-6,9-10,13-18,21-22,25-39H2,1-4H3/b11-7-,12-8-,23-19-,24-20-. The highest BCUT2D eigenvalue weighted by molar-refractivity contribution is 5.69. The fourth-order valence-corrected chi connectivity index (χ4v) is 5.58. The van der Waals surface area contributed by atoms with Crippen molar-refractivity contribution in [2.45, 2.75) is 174 Å². The molecule has 0 unspecified atom stereocenters. The number of nitrogens with zero attached hydrogens (tertiary/aromatic N) is 1. The summed E-state index contributed by atoms with van der Waals surface area (Å²) in [4.78, 5) is 36.1. The molecule has 0 fully saturated rings. The first kappa shape index (κ1) is 47.3. The van der Waals surface area contributed by atoms with Gasteiger partial charge in [-0.2, -0.15) is 0 Å². The summed E-state index contributed by atoms with van der Waals surface area (Å²) in [5, 5.41) is 0. The number of unbranched alkanes of at least 4 members (excludes halogenated alkanes) is 14. The normalized spacial score (nSPS) is 12.0. The minimum atomic E-state index is -0.206. The Labute approximate surface area is 307 Å². The van der Waals surface area contributed by atoms with Crippen LogP contribution in [0.1, 0.15) is 168 Å². The summed E-state index contributed by atoms with van der Waals surface area (Å²) < 4.78 is 15.8. The van der Waals surface area contributed by atoms with Gasteiger partial charge >= 0.3 is 17.9 Å². The highest BCUT2D eigenvalue weighted by Crippen LogP contribution is 2.18. The number of carbonyl (C=O) groups is 3. The fraction of sp³-hybridized carbons (Fsp3) is 0.744. The molecular formula is C43H75NO6. The van der Waals surface area contributed by atoms with Crippen molar-refractivity contribution in [3.05, 3.63) is 48.6 Å². The maximum atomic E-state index is 12.5. The maximum absolute atomic E-state index is 12.5. The molecule has 7 heteroatoms. The lowest BCUT2D eigenvalue weighted by atomic mass is 10.0. The number of ether oxygens (including phenoxy) is 3. The average Bonchev–Trinajstić information content (AvgIpc) is 3.06. The second-order valence-electron chi connectivity index (χ2n) is 13.7. The van der Waals surface area contributed by atoms with Crippen LogP contribution < -0.4 is 0 Å². The predicted molar refractivity (Wildman–Crippen MR) is 209 cm³/mol. The number of rotatable bonds is 35. The van der Waals surface area contributed by atoms with Crippen molar-refractivity contribution in [1.82, 2.24) is 4.90 Å². The van der Waals surface area contributed by atoms with Gasteiger partial charge in [-0.15, -0.1) is 0 Å². The molecule has 0 aromatic carbocycles. The minimum absolute atomic E-state index is 0.0255. The van der Waals surface area contributed by atoms with Crippen molar-refractivity contribution in [2.75, 3.05) is 33.9 Å². The van der Waals surface area contributed by atoms with Gasteiger partial charge in [0.1, 0.15) is 6.10 Å². The monoisotopic (exact) mass is 702 g/mol. The zero-order valence-electron chi connectivity index (χ0n) is 32.7. The third kappa shape index (κ3) is 39.8. The van der Waals surface area contributed by atoms with E-state index in [4.69, 9.17) is 14.2 Å². The van der Waals surface area contributed by atoms with Crippen LogP contribution in [0, 0.1) is 0 Å². The molecule has 0 heterocycles. The van der Waals surface area contributed by atoms with Crippen molar-refractivity contribution in [3.8, 4) is 0 Å². The van der Waals surface area contributed by atoms with Crippen molar-refractivity contribution in [3.63, 3.8) is 0 Å². The summed E-state index contributed by atoms with van der Waals surface area (Å²) in [6.45, 7) is 4.82. The predicted octanol–water partition coefficient (Wildman–Crippen LogP) is 11.2. The van der Waals surface area contributed by atoms with Crippen molar-refractivity contribution < 1.29 is 28.6 Å². The van der Waals surface area contributed by atoms with E-state index in [0.717, 1.165) is 90.0 Å². The Kier molecular flexibility index (Phi) is 35.6. The number of carbonyl (C=O) groups excluding carboxylic acids is 3. The van der Waals surface area contributed by atoms with Crippen LogP contribution in [0.3, 0.4) is 0 Å². The van der Waals surface area contributed by atoms with Crippen LogP contribution in [-0.2, 0) is 28.6 Å². The third-order valence-corrected chi connectivity index (χ3v) is 8.43. The molecule has 0 N–H and O–H groups in total. The Bertz CT molecular complexity index is 862. The van der Waals surface area contributed by atoms with Gasteiger partial charge in [0.05, 0.1) is 13.2 Å². The van der Waals surface area contributed by atoms with Gasteiger partial charge < -0.3 is 19.1 Å². The quantitative estimate of drug-likeness (QED) is 0.0281. The number of hydrogen-bond donors (Lipinski definition) is 0. The van der Waals surface area contributed by atoms with E-state index >= 15 is 0 Å². The summed E-state index contributed by atoms with van der Waals surface area (Å²) >= 11 is 0. The molecule has 0 amide bonds. The maximum Gasteiger partial charge on any atom is 0.306 e. The smallest absolute Gasteiger partial charge is 0.306 e. The number of esters is 3. The van der Waals surface area contributed by atoms with Crippen LogP contribution in [0.25, 0.3) is 0 Å². The van der Waals surface area contributed by atoms with Crippen LogP contribution in [0.4, 0.5) is 0 Å². The van der Waals surface area contributed by atoms with Crippen LogP contribution in [0.2, 0.25) is 0 Å². The van der Waals surface area contributed by atoms with Gasteiger partial charge in [0.25, 0.3) is 0 Å². The molecule has 0 spiro atoms. The minimum Gasteiger partial charge on any atom is -0.466 e. The molecule has 0 aliphatic rings. The summed E-state index contributed by atoms with van der Waals surface area (Å²) in [7, 11) is 4.08. The second-order valence-corrected chi connectivity index (χ2v) is 13.7. The summed E-state index contributed by atoms with van der Waals surface area (Å²) in [5.74, 6) is -0.437. The molecule has 50 heavy (non-hydrogen) atoms. The second kappa shape index (κ2) is 37.6. The lowest BCUT2D eigenvalue weighted by Gasteiger charge is -2.18. The molecule has 0 bridgehead atoms. The van der Waals surface area contributed by atoms with E-state index in [-0.39, 0.29) is 24.0 Å². The Morgan fingerprint density at radius 2 is 0.880 bits per heavy atom. The van der Waals surface area contributed by atoms with Gasteiger partial charge in [-0.05, 0) is 117 Å². The molecule has 0 atom stereocenters. The highest BCUT2D eigenvalue weighted by atomic mass is 16.5. The van der Waals surface area contributed by atoms with Crippen LogP contribution >= 0.6 is 0 Å². The van der Waals surface area contributed by atoms with E-state index in [1.807, 2.05) is 14.1 Å². The van der Waals surface area contributed by atoms with Gasteiger partial charge in [-0.1, -0.05) is 100.0 Å². The topological polar surface area (TPSA) is 82.1 Å². The van der Waals surface area contributed by atoms with E-state index in [1.54, 1.807) is 0 Å². The van der Waals surface area contributed by atoms with E-state index in [0.29, 0.717) is 19.6 Å². The molecule has 0 rings (SSSR count). The molecular weight excluding hydrogens is 626 g/mol. The Morgan fingerprint density at radius 3 is 1.28 bits per heavy atom. The van der Waals surface area contributed by atoms with Crippen molar-refractivity contribution >= 4 is 17.9 Å². The Hall–Kier alpha value is -2.67. The van der Waals surface area contributed by atoms with E-state index in [9.17, 15) is 14.4 Å². The molecule has 0 aromatic heterocycles. The van der Waals surface area contributed by atoms with Crippen LogP contribution in [-0.4, -0.2) is 62.8 Å². The first-order valence-corrected chi connectivity index (χ1v) is 20.0. The molecule has 0 aliphatic carbocycles. The summed E-state index contributed by atoms with van der Waals surface area (Å²) in [5.41, 5.74) is 0. The largest absolute Gasteiger partial charge is 0.466 e. The summed E-state index contributed by atoms with van der Waals surface area (Å²) in [6.07, 6.45) is 43.9. The van der Waals surface area contributed by atoms with Gasteiger partial charge in [0, 0.05) is 20.3 Å². The molecule has 0 radical (unpaired) electrons. The zero-order chi connectivity index (χ0) is 36.8. The van der Waals surface area contributed by atoms with Gasteiger partial charge in [0.15, 0.2) is 0 Å². The van der Waals surface area contributed by atoms with E-state index in [1.165, 1.54) is 78.1 Å². The van der Waals surface area contributed by atoms with Crippen LogP contribution in [0.5, 0.6) is 0 Å². The lowest BCUT2D eigenvalue weighted by molar-refractivity contribution is -0.150. The fourth-order valence-electron chi connectivity index (χ4n) is 5.58. The van der Waals surface area contributed by atoms with E-state index in [2.05, 4.69) is 53.5 Å².